The summed E-state index contributed by atoms with van der Waals surface area (Å²) >= 11 is 0. The smallest absolute Gasteiger partial charge is 0.338 e. The largest absolute Gasteiger partial charge is 0.453 e. The fourth-order valence-electron chi connectivity index (χ4n) is 3.20. The van der Waals surface area contributed by atoms with Crippen molar-refractivity contribution in [2.45, 2.75) is 36.9 Å². The zero-order valence-electron chi connectivity index (χ0n) is 11.5. The van der Waals surface area contributed by atoms with Gasteiger partial charge in [-0.15, -0.1) is 0 Å². The lowest BCUT2D eigenvalue weighted by molar-refractivity contribution is -0.144. The van der Waals surface area contributed by atoms with Crippen LogP contribution in [0.15, 0.2) is 30.3 Å². The summed E-state index contributed by atoms with van der Waals surface area (Å²) in [5.41, 5.74) is 0.367. The van der Waals surface area contributed by atoms with Crippen LogP contribution in [0.5, 0.6) is 0 Å². The SMILES string of the molecule is O=C(O[C@H]1[C@H](O)C2[C@@H](O)CCN2C[C@@H]1O)c1ccccc1. The summed E-state index contributed by atoms with van der Waals surface area (Å²) in [5.74, 6) is -0.584. The molecule has 5 atom stereocenters. The van der Waals surface area contributed by atoms with Crippen molar-refractivity contribution >= 4 is 5.97 Å². The molecule has 2 heterocycles. The second kappa shape index (κ2) is 5.73. The Morgan fingerprint density at radius 2 is 1.86 bits per heavy atom. The first-order chi connectivity index (χ1) is 10.1. The maximum atomic E-state index is 12.1. The molecule has 1 aromatic carbocycles. The molecule has 0 spiro atoms. The van der Waals surface area contributed by atoms with Crippen molar-refractivity contribution in [2.24, 2.45) is 0 Å². The van der Waals surface area contributed by atoms with Gasteiger partial charge >= 0.3 is 5.97 Å². The van der Waals surface area contributed by atoms with Crippen LogP contribution >= 0.6 is 0 Å². The van der Waals surface area contributed by atoms with Gasteiger partial charge in [-0.2, -0.15) is 0 Å². The van der Waals surface area contributed by atoms with E-state index >= 15 is 0 Å². The average molecular weight is 293 g/mol. The Morgan fingerprint density at radius 1 is 1.14 bits per heavy atom. The van der Waals surface area contributed by atoms with Gasteiger partial charge < -0.3 is 20.1 Å². The fraction of sp³-hybridized carbons (Fsp3) is 0.533. The lowest BCUT2D eigenvalue weighted by atomic mass is 9.92. The fourth-order valence-corrected chi connectivity index (χ4v) is 3.20. The Labute approximate surface area is 122 Å². The maximum absolute atomic E-state index is 12.1. The normalized spacial score (nSPS) is 36.2. The molecule has 21 heavy (non-hydrogen) atoms. The Balaban J connectivity index is 1.74. The van der Waals surface area contributed by atoms with E-state index in [4.69, 9.17) is 4.74 Å². The second-order valence-electron chi connectivity index (χ2n) is 5.64. The molecule has 6 heteroatoms. The van der Waals surface area contributed by atoms with Crippen LogP contribution in [0, 0.1) is 0 Å². The minimum Gasteiger partial charge on any atom is -0.453 e. The summed E-state index contributed by atoms with van der Waals surface area (Å²) in [6, 6.07) is 7.95. The first kappa shape index (κ1) is 14.5. The third kappa shape index (κ3) is 2.67. The molecule has 0 radical (unpaired) electrons. The van der Waals surface area contributed by atoms with Gasteiger partial charge in [0.1, 0.15) is 12.2 Å². The van der Waals surface area contributed by atoms with E-state index in [1.54, 1.807) is 30.3 Å². The number of rotatable bonds is 2. The number of carbonyl (C=O) groups is 1. The summed E-state index contributed by atoms with van der Waals surface area (Å²) in [6.07, 6.45) is -3.20. The molecule has 2 saturated heterocycles. The number of hydrogen-bond donors (Lipinski definition) is 3. The summed E-state index contributed by atoms with van der Waals surface area (Å²) in [4.78, 5) is 13.9. The van der Waals surface area contributed by atoms with E-state index < -0.39 is 36.4 Å². The first-order valence-electron chi connectivity index (χ1n) is 7.12. The minimum absolute atomic E-state index is 0.283. The van der Waals surface area contributed by atoms with Crippen LogP contribution in [0.4, 0.5) is 0 Å². The predicted molar refractivity (Wildman–Crippen MR) is 73.6 cm³/mol. The van der Waals surface area contributed by atoms with Gasteiger partial charge in [-0.1, -0.05) is 18.2 Å². The highest BCUT2D eigenvalue weighted by Crippen LogP contribution is 2.30. The molecule has 3 N–H and O–H groups in total. The molecule has 2 aliphatic heterocycles. The number of benzene rings is 1. The van der Waals surface area contributed by atoms with Crippen LogP contribution < -0.4 is 0 Å². The predicted octanol–water partition coefficient (Wildman–Crippen LogP) is -0.617. The number of aliphatic hydroxyl groups is 3. The number of fused-ring (bicyclic) bond motifs is 1. The van der Waals surface area contributed by atoms with E-state index in [1.807, 2.05) is 4.90 Å². The third-order valence-electron chi connectivity index (χ3n) is 4.27. The lowest BCUT2D eigenvalue weighted by Gasteiger charge is -2.42. The molecule has 0 saturated carbocycles. The summed E-state index contributed by atoms with van der Waals surface area (Å²) in [6.45, 7) is 0.908. The van der Waals surface area contributed by atoms with E-state index in [0.717, 1.165) is 0 Å². The molecule has 6 nitrogen and oxygen atoms in total. The second-order valence-corrected chi connectivity index (χ2v) is 5.64. The van der Waals surface area contributed by atoms with Gasteiger partial charge in [0.25, 0.3) is 0 Å². The van der Waals surface area contributed by atoms with Crippen LogP contribution in [0.3, 0.4) is 0 Å². The Morgan fingerprint density at radius 3 is 2.57 bits per heavy atom. The topological polar surface area (TPSA) is 90.2 Å². The van der Waals surface area contributed by atoms with E-state index in [1.165, 1.54) is 0 Å². The summed E-state index contributed by atoms with van der Waals surface area (Å²) < 4.78 is 5.28. The number of ether oxygens (including phenoxy) is 1. The lowest BCUT2D eigenvalue weighted by Crippen LogP contribution is -2.62. The van der Waals surface area contributed by atoms with Crippen LogP contribution in [-0.2, 0) is 4.74 Å². The molecule has 2 fully saturated rings. The molecule has 0 bridgehead atoms. The van der Waals surface area contributed by atoms with Crippen LogP contribution in [0.25, 0.3) is 0 Å². The molecule has 0 amide bonds. The third-order valence-corrected chi connectivity index (χ3v) is 4.27. The van der Waals surface area contributed by atoms with Gasteiger partial charge in [-0.25, -0.2) is 4.79 Å². The number of piperidine rings is 1. The number of aliphatic hydroxyl groups excluding tert-OH is 3. The molecule has 114 valence electrons. The number of nitrogens with zero attached hydrogens (tertiary/aromatic N) is 1. The van der Waals surface area contributed by atoms with Crippen LogP contribution in [0.2, 0.25) is 0 Å². The zero-order valence-corrected chi connectivity index (χ0v) is 11.5. The Kier molecular flexibility index (Phi) is 3.95. The highest BCUT2D eigenvalue weighted by molar-refractivity contribution is 5.89. The zero-order chi connectivity index (χ0) is 15.0. The number of esters is 1. The Hall–Kier alpha value is -1.47. The molecule has 3 rings (SSSR count). The molecule has 2 aliphatic rings. The molecule has 1 aromatic rings. The highest BCUT2D eigenvalue weighted by Gasteiger charge is 2.49. The van der Waals surface area contributed by atoms with Crippen molar-refractivity contribution in [3.05, 3.63) is 35.9 Å². The molecular weight excluding hydrogens is 274 g/mol. The van der Waals surface area contributed by atoms with Gasteiger partial charge in [0.15, 0.2) is 6.10 Å². The number of hydrogen-bond acceptors (Lipinski definition) is 6. The van der Waals surface area contributed by atoms with Crippen LogP contribution in [-0.4, -0.2) is 69.7 Å². The van der Waals surface area contributed by atoms with Gasteiger partial charge in [0.2, 0.25) is 0 Å². The number of carbonyl (C=O) groups excluding carboxylic acids is 1. The summed E-state index contributed by atoms with van der Waals surface area (Å²) in [7, 11) is 0. The molecule has 0 aliphatic carbocycles. The van der Waals surface area contributed by atoms with Gasteiger partial charge in [-0.05, 0) is 18.6 Å². The molecule has 1 unspecified atom stereocenters. The van der Waals surface area contributed by atoms with E-state index in [-0.39, 0.29) is 6.54 Å². The van der Waals surface area contributed by atoms with Crippen molar-refractivity contribution < 1.29 is 24.9 Å². The van der Waals surface area contributed by atoms with Crippen LogP contribution in [0.1, 0.15) is 16.8 Å². The maximum Gasteiger partial charge on any atom is 0.338 e. The summed E-state index contributed by atoms with van der Waals surface area (Å²) in [5, 5.41) is 30.4. The first-order valence-corrected chi connectivity index (χ1v) is 7.12. The molecule has 0 aromatic heterocycles. The monoisotopic (exact) mass is 293 g/mol. The van der Waals surface area contributed by atoms with Crippen molar-refractivity contribution in [3.63, 3.8) is 0 Å². The van der Waals surface area contributed by atoms with Gasteiger partial charge in [0.05, 0.1) is 17.7 Å². The van der Waals surface area contributed by atoms with E-state index in [9.17, 15) is 20.1 Å². The highest BCUT2D eigenvalue weighted by atomic mass is 16.6. The van der Waals surface area contributed by atoms with Crippen molar-refractivity contribution in [1.29, 1.82) is 0 Å². The minimum atomic E-state index is -1.10. The van der Waals surface area contributed by atoms with Crippen molar-refractivity contribution in [2.75, 3.05) is 13.1 Å². The Bertz CT molecular complexity index is 508. The van der Waals surface area contributed by atoms with Gasteiger partial charge in [0, 0.05) is 13.1 Å². The van der Waals surface area contributed by atoms with E-state index in [2.05, 4.69) is 0 Å². The van der Waals surface area contributed by atoms with Crippen molar-refractivity contribution in [1.82, 2.24) is 4.90 Å². The average Bonchev–Trinajstić information content (AvgIpc) is 2.85. The molecular formula is C15H19NO5. The quantitative estimate of drug-likeness (QED) is 0.630. The van der Waals surface area contributed by atoms with Gasteiger partial charge in [-0.3, -0.25) is 4.90 Å². The van der Waals surface area contributed by atoms with Crippen molar-refractivity contribution in [3.8, 4) is 0 Å². The standard InChI is InChI=1S/C15H19NO5/c17-10-6-7-16-8-11(18)14(13(19)12(10)16)21-15(20)9-4-2-1-3-5-9/h1-5,10-14,17-19H,6-8H2/t10-,11-,12?,13+,14+/m0/s1. The van der Waals surface area contributed by atoms with E-state index in [0.29, 0.717) is 18.5 Å².